The normalized spacial score (nSPS) is 25.3. The maximum Gasteiger partial charge on any atom is 0.152 e. The summed E-state index contributed by atoms with van der Waals surface area (Å²) < 4.78 is 21.5. The van der Waals surface area contributed by atoms with Crippen LogP contribution in [-0.4, -0.2) is 45.0 Å². The van der Waals surface area contributed by atoms with Gasteiger partial charge in [-0.3, -0.25) is 0 Å². The van der Waals surface area contributed by atoms with Crippen LogP contribution in [0.1, 0.15) is 7.43 Å². The van der Waals surface area contributed by atoms with Gasteiger partial charge >= 0.3 is 0 Å². The minimum atomic E-state index is -2.66. The van der Waals surface area contributed by atoms with Crippen molar-refractivity contribution >= 4 is 9.84 Å². The van der Waals surface area contributed by atoms with E-state index >= 15 is 0 Å². The van der Waals surface area contributed by atoms with Crippen LogP contribution in [0.25, 0.3) is 0 Å². The molecule has 1 aliphatic rings. The van der Waals surface area contributed by atoms with Crippen molar-refractivity contribution in [3.8, 4) is 0 Å². The Bertz CT molecular complexity index is 172. The zero-order valence-corrected chi connectivity index (χ0v) is 6.32. The predicted molar refractivity (Wildman–Crippen MR) is 42.9 cm³/mol. The summed E-state index contributed by atoms with van der Waals surface area (Å²) in [5, 5.41) is 0. The third-order valence-corrected chi connectivity index (χ3v) is 3.18. The summed E-state index contributed by atoms with van der Waals surface area (Å²) in [6.07, 6.45) is 0. The summed E-state index contributed by atoms with van der Waals surface area (Å²) in [6, 6.07) is 0. The Morgan fingerprint density at radius 3 is 1.90 bits per heavy atom. The van der Waals surface area contributed by atoms with Crippen molar-refractivity contribution in [1.82, 2.24) is 4.90 Å². The Balaban J connectivity index is 0.000000810. The molecule has 1 fully saturated rings. The number of hydrogen-bond donors (Lipinski definition) is 0. The largest absolute Gasteiger partial charge is 0.304 e. The highest BCUT2D eigenvalue weighted by Crippen LogP contribution is 1.99. The summed E-state index contributed by atoms with van der Waals surface area (Å²) in [5.41, 5.74) is 0. The van der Waals surface area contributed by atoms with E-state index in [1.807, 2.05) is 11.9 Å². The quantitative estimate of drug-likeness (QED) is 0.506. The Morgan fingerprint density at radius 1 is 1.20 bits per heavy atom. The molecule has 1 aliphatic heterocycles. The van der Waals surface area contributed by atoms with Crippen LogP contribution in [-0.2, 0) is 9.84 Å². The van der Waals surface area contributed by atoms with Crippen molar-refractivity contribution in [3.05, 3.63) is 0 Å². The van der Waals surface area contributed by atoms with Crippen molar-refractivity contribution < 1.29 is 8.42 Å². The average molecular weight is 165 g/mol. The van der Waals surface area contributed by atoms with E-state index < -0.39 is 9.84 Å². The first kappa shape index (κ1) is 9.91. The lowest BCUT2D eigenvalue weighted by molar-refractivity contribution is 0.360. The minimum Gasteiger partial charge on any atom is -0.304 e. The molecule has 0 aromatic heterocycles. The molecule has 10 heavy (non-hydrogen) atoms. The van der Waals surface area contributed by atoms with Gasteiger partial charge in [0.05, 0.1) is 11.5 Å². The Morgan fingerprint density at radius 2 is 1.60 bits per heavy atom. The Hall–Kier alpha value is -0.0900. The van der Waals surface area contributed by atoms with Gasteiger partial charge in [0.15, 0.2) is 9.84 Å². The highest BCUT2D eigenvalue weighted by Gasteiger charge is 2.17. The SMILES string of the molecule is C.CN1CCS(=O)(=O)CC1. The van der Waals surface area contributed by atoms with Crippen LogP contribution in [0.3, 0.4) is 0 Å². The van der Waals surface area contributed by atoms with Crippen LogP contribution in [0.5, 0.6) is 0 Å². The molecule has 0 saturated carbocycles. The van der Waals surface area contributed by atoms with E-state index in [-0.39, 0.29) is 7.43 Å². The van der Waals surface area contributed by atoms with E-state index in [9.17, 15) is 8.42 Å². The number of nitrogens with zero attached hydrogens (tertiary/aromatic N) is 1. The Kier molecular flexibility index (Phi) is 3.31. The van der Waals surface area contributed by atoms with Crippen molar-refractivity contribution in [2.24, 2.45) is 0 Å². The molecule has 0 spiro atoms. The molecule has 3 nitrogen and oxygen atoms in total. The molecule has 0 N–H and O–H groups in total. The number of sulfone groups is 1. The third kappa shape index (κ3) is 2.66. The van der Waals surface area contributed by atoms with Crippen molar-refractivity contribution in [2.75, 3.05) is 31.6 Å². The van der Waals surface area contributed by atoms with Gasteiger partial charge in [-0.25, -0.2) is 8.42 Å². The van der Waals surface area contributed by atoms with Crippen molar-refractivity contribution in [2.45, 2.75) is 7.43 Å². The molecule has 0 atom stereocenters. The fourth-order valence-corrected chi connectivity index (χ4v) is 2.19. The standard InChI is InChI=1S/C5H11NO2S.CH4/c1-6-2-4-9(7,8)5-3-6;/h2-5H2,1H3;1H4. The van der Waals surface area contributed by atoms with Crippen LogP contribution in [0, 0.1) is 0 Å². The monoisotopic (exact) mass is 165 g/mol. The maximum atomic E-state index is 10.8. The van der Waals surface area contributed by atoms with Gasteiger partial charge in [0, 0.05) is 13.1 Å². The molecule has 0 aromatic carbocycles. The van der Waals surface area contributed by atoms with Crippen LogP contribution in [0.2, 0.25) is 0 Å². The van der Waals surface area contributed by atoms with Gasteiger partial charge in [-0.15, -0.1) is 0 Å². The third-order valence-electron chi connectivity index (χ3n) is 1.57. The highest BCUT2D eigenvalue weighted by molar-refractivity contribution is 7.91. The van der Waals surface area contributed by atoms with E-state index in [2.05, 4.69) is 0 Å². The lowest BCUT2D eigenvalue weighted by Crippen LogP contribution is -2.37. The first-order valence-corrected chi connectivity index (χ1v) is 4.81. The van der Waals surface area contributed by atoms with Crippen LogP contribution >= 0.6 is 0 Å². The van der Waals surface area contributed by atoms with Crippen molar-refractivity contribution in [1.29, 1.82) is 0 Å². The summed E-state index contributed by atoms with van der Waals surface area (Å²) in [5.74, 6) is 0.674. The molecule has 0 amide bonds. The molecular weight excluding hydrogens is 150 g/mol. The fourth-order valence-electron chi connectivity index (χ4n) is 0.804. The second-order valence-corrected chi connectivity index (χ2v) is 4.76. The van der Waals surface area contributed by atoms with Gasteiger partial charge in [-0.2, -0.15) is 0 Å². The second kappa shape index (κ2) is 3.34. The van der Waals surface area contributed by atoms with Gasteiger partial charge in [0.1, 0.15) is 0 Å². The number of rotatable bonds is 0. The van der Waals surface area contributed by atoms with E-state index in [0.29, 0.717) is 24.6 Å². The molecule has 0 aliphatic carbocycles. The second-order valence-electron chi connectivity index (χ2n) is 2.46. The van der Waals surface area contributed by atoms with Gasteiger partial charge < -0.3 is 4.90 Å². The molecule has 0 bridgehead atoms. The molecule has 4 heteroatoms. The van der Waals surface area contributed by atoms with Gasteiger partial charge in [0.2, 0.25) is 0 Å². The van der Waals surface area contributed by atoms with Crippen molar-refractivity contribution in [3.63, 3.8) is 0 Å². The number of hydrogen-bond acceptors (Lipinski definition) is 3. The molecule has 0 aromatic rings. The van der Waals surface area contributed by atoms with Crippen LogP contribution in [0.15, 0.2) is 0 Å². The lowest BCUT2D eigenvalue weighted by Gasteiger charge is -2.21. The molecule has 1 saturated heterocycles. The zero-order chi connectivity index (χ0) is 6.91. The summed E-state index contributed by atoms with van der Waals surface area (Å²) >= 11 is 0. The van der Waals surface area contributed by atoms with Gasteiger partial charge in [-0.1, -0.05) is 7.43 Å². The summed E-state index contributed by atoms with van der Waals surface area (Å²) in [6.45, 7) is 1.39. The molecule has 62 valence electrons. The molecule has 0 radical (unpaired) electrons. The average Bonchev–Trinajstić information content (AvgIpc) is 1.78. The smallest absolute Gasteiger partial charge is 0.152 e. The Labute approximate surface area is 62.9 Å². The molecule has 1 rings (SSSR count). The van der Waals surface area contributed by atoms with E-state index in [0.717, 1.165) is 0 Å². The molecular formula is C6H15NO2S. The van der Waals surface area contributed by atoms with E-state index in [1.165, 1.54) is 0 Å². The maximum absolute atomic E-state index is 10.8. The first-order valence-electron chi connectivity index (χ1n) is 2.99. The van der Waals surface area contributed by atoms with Crippen LogP contribution in [0.4, 0.5) is 0 Å². The topological polar surface area (TPSA) is 37.4 Å². The van der Waals surface area contributed by atoms with Gasteiger partial charge in [0.25, 0.3) is 0 Å². The molecule has 1 heterocycles. The fraction of sp³-hybridized carbons (Fsp3) is 1.00. The van der Waals surface area contributed by atoms with E-state index in [4.69, 9.17) is 0 Å². The van der Waals surface area contributed by atoms with Gasteiger partial charge in [-0.05, 0) is 7.05 Å². The van der Waals surface area contributed by atoms with E-state index in [1.54, 1.807) is 0 Å². The lowest BCUT2D eigenvalue weighted by atomic mass is 10.6. The minimum absolute atomic E-state index is 0. The summed E-state index contributed by atoms with van der Waals surface area (Å²) in [4.78, 5) is 2.03. The first-order chi connectivity index (χ1) is 4.10. The molecule has 0 unspecified atom stereocenters. The summed E-state index contributed by atoms with van der Waals surface area (Å²) in [7, 11) is -0.718. The zero-order valence-electron chi connectivity index (χ0n) is 5.50. The predicted octanol–water partition coefficient (Wildman–Crippen LogP) is -0.0173. The highest BCUT2D eigenvalue weighted by atomic mass is 32.2. The van der Waals surface area contributed by atoms with Crippen LogP contribution < -0.4 is 0 Å².